The van der Waals surface area contributed by atoms with E-state index in [4.69, 9.17) is 9.97 Å². The molecule has 56 heavy (non-hydrogen) atoms. The number of hydrogen-bond donors (Lipinski definition) is 0. The van der Waals surface area contributed by atoms with Crippen molar-refractivity contribution in [3.05, 3.63) is 162 Å². The normalized spacial score (nSPS) is 11.6. The van der Waals surface area contributed by atoms with Gasteiger partial charge in [0, 0.05) is 42.8 Å². The smallest absolute Gasteiger partial charge is 0.0798 e. The van der Waals surface area contributed by atoms with Gasteiger partial charge in [-0.2, -0.15) is 11.3 Å². The standard InChI is InChI=1S/C32H24NS.C19H26NSi.Ir/c1-20-9-7-10-21(2)31(20)24-15-16-25-26-13-8-14-27(32(26)34-30(25)18-24)29-17-22(3)28(19-33-29)23-11-5-4-6-12-23;1-19(2,3)13-16-12-17(15-10-8-7-9-11-15)20-14-18(16)21(4,5)6;/h4-13,15-19H,1-3H3;7-10,12,14H,13H2,1-6H3;/q2*-1;. The first-order chi connectivity index (χ1) is 26.3. The van der Waals surface area contributed by atoms with Gasteiger partial charge in [-0.1, -0.05) is 124 Å². The molecule has 0 saturated carbocycles. The van der Waals surface area contributed by atoms with Gasteiger partial charge >= 0.3 is 0 Å². The molecule has 0 aliphatic carbocycles. The number of fused-ring (bicyclic) bond motifs is 3. The average molecular weight is 943 g/mol. The average Bonchev–Trinajstić information content (AvgIpc) is 3.53. The van der Waals surface area contributed by atoms with E-state index in [1.807, 2.05) is 47.9 Å². The molecule has 0 amide bonds. The zero-order valence-corrected chi connectivity index (χ0v) is 38.2. The summed E-state index contributed by atoms with van der Waals surface area (Å²) in [6.45, 7) is 20.6. The monoisotopic (exact) mass is 943 g/mol. The fraction of sp³-hybridized carbons (Fsp3) is 0.216. The van der Waals surface area contributed by atoms with Crippen molar-refractivity contribution in [2.24, 2.45) is 5.41 Å². The summed E-state index contributed by atoms with van der Waals surface area (Å²) in [4.78, 5) is 9.58. The Hall–Kier alpha value is -4.51. The molecule has 0 saturated heterocycles. The van der Waals surface area contributed by atoms with Crippen molar-refractivity contribution in [3.8, 4) is 44.8 Å². The third-order valence-electron chi connectivity index (χ3n) is 10.2. The largest absolute Gasteiger partial charge is 0.305 e. The summed E-state index contributed by atoms with van der Waals surface area (Å²) >= 11 is 1.84. The van der Waals surface area contributed by atoms with Crippen molar-refractivity contribution in [1.29, 1.82) is 0 Å². The topological polar surface area (TPSA) is 25.8 Å². The second-order valence-electron chi connectivity index (χ2n) is 16.9. The number of hydrogen-bond acceptors (Lipinski definition) is 3. The Morgan fingerprint density at radius 2 is 1.36 bits per heavy atom. The number of aryl methyl sites for hydroxylation is 3. The number of pyridine rings is 2. The van der Waals surface area contributed by atoms with Gasteiger partial charge in [-0.3, -0.25) is 0 Å². The van der Waals surface area contributed by atoms with Crippen molar-refractivity contribution in [2.45, 2.75) is 67.6 Å². The SMILES string of the molecule is CC(C)(C)Cc1cc(-c2[c-]cccc2)ncc1[Si](C)(C)C.Cc1cc(-c2[c-]ccc3c2sc2cc(-c4c(C)cccc4C)ccc23)ncc1-c1ccccc1.[Ir]. The van der Waals surface area contributed by atoms with E-state index in [0.717, 1.165) is 28.9 Å². The first kappa shape index (κ1) is 41.1. The molecule has 0 aliphatic heterocycles. The molecular formula is C51H50IrN2SSi-2. The minimum atomic E-state index is -1.37. The first-order valence-electron chi connectivity index (χ1n) is 19.2. The Bertz CT molecular complexity index is 2590. The van der Waals surface area contributed by atoms with Gasteiger partial charge in [-0.05, 0) is 98.7 Å². The quantitative estimate of drug-likeness (QED) is 0.123. The van der Waals surface area contributed by atoms with Gasteiger partial charge in [0.15, 0.2) is 0 Å². The molecule has 0 spiro atoms. The van der Waals surface area contributed by atoms with Crippen LogP contribution in [0.25, 0.3) is 64.9 Å². The minimum Gasteiger partial charge on any atom is -0.305 e. The maximum Gasteiger partial charge on any atom is 0.0798 e. The van der Waals surface area contributed by atoms with Gasteiger partial charge in [-0.15, -0.1) is 59.7 Å². The van der Waals surface area contributed by atoms with Crippen LogP contribution in [0, 0.1) is 38.3 Å². The van der Waals surface area contributed by atoms with E-state index in [1.165, 1.54) is 69.9 Å². The van der Waals surface area contributed by atoms with E-state index in [-0.39, 0.29) is 25.5 Å². The fourth-order valence-electron chi connectivity index (χ4n) is 7.56. The van der Waals surface area contributed by atoms with Crippen LogP contribution in [0.3, 0.4) is 0 Å². The molecule has 3 heterocycles. The molecule has 0 unspecified atom stereocenters. The molecule has 0 fully saturated rings. The molecule has 5 heteroatoms. The maximum absolute atomic E-state index is 4.87. The van der Waals surface area contributed by atoms with E-state index < -0.39 is 8.07 Å². The number of rotatable bonds is 6. The summed E-state index contributed by atoms with van der Waals surface area (Å²) in [7, 11) is -1.37. The Morgan fingerprint density at radius 3 is 2.02 bits per heavy atom. The van der Waals surface area contributed by atoms with Crippen LogP contribution in [0.1, 0.15) is 43.0 Å². The molecule has 1 radical (unpaired) electrons. The molecule has 0 atom stereocenters. The Morgan fingerprint density at radius 1 is 0.643 bits per heavy atom. The molecule has 3 aromatic heterocycles. The fourth-order valence-corrected chi connectivity index (χ4v) is 10.4. The van der Waals surface area contributed by atoms with Gasteiger partial charge in [0.2, 0.25) is 0 Å². The molecule has 0 aliphatic rings. The minimum absolute atomic E-state index is 0. The number of aromatic nitrogens is 2. The van der Waals surface area contributed by atoms with Crippen molar-refractivity contribution in [3.63, 3.8) is 0 Å². The van der Waals surface area contributed by atoms with Crippen LogP contribution < -0.4 is 5.19 Å². The number of nitrogens with zero attached hydrogens (tertiary/aromatic N) is 2. The summed E-state index contributed by atoms with van der Waals surface area (Å²) < 4.78 is 2.55. The van der Waals surface area contributed by atoms with Crippen molar-refractivity contribution in [1.82, 2.24) is 9.97 Å². The van der Waals surface area contributed by atoms with E-state index in [2.05, 4.69) is 164 Å². The van der Waals surface area contributed by atoms with E-state index >= 15 is 0 Å². The molecule has 285 valence electrons. The number of benzene rings is 5. The Labute approximate surface area is 352 Å². The van der Waals surface area contributed by atoms with Crippen LogP contribution >= 0.6 is 11.3 Å². The predicted octanol–water partition coefficient (Wildman–Crippen LogP) is 13.9. The van der Waals surface area contributed by atoms with E-state index in [0.29, 0.717) is 0 Å². The molecule has 5 aromatic carbocycles. The third-order valence-corrected chi connectivity index (χ3v) is 13.4. The summed E-state index contributed by atoms with van der Waals surface area (Å²) in [5.41, 5.74) is 14.8. The van der Waals surface area contributed by atoms with Gasteiger partial charge in [0.1, 0.15) is 0 Å². The third kappa shape index (κ3) is 9.03. The maximum atomic E-state index is 4.87. The van der Waals surface area contributed by atoms with Crippen LogP contribution in [0.4, 0.5) is 0 Å². The second-order valence-corrected chi connectivity index (χ2v) is 23.0. The second kappa shape index (κ2) is 16.9. The molecular weight excluding hydrogens is 893 g/mol. The number of thiophene rings is 1. The predicted molar refractivity (Wildman–Crippen MR) is 241 cm³/mol. The van der Waals surface area contributed by atoms with Crippen molar-refractivity contribution >= 4 is 44.8 Å². The van der Waals surface area contributed by atoms with Crippen molar-refractivity contribution < 1.29 is 20.1 Å². The molecule has 8 aromatic rings. The van der Waals surface area contributed by atoms with Crippen LogP contribution in [0.15, 0.2) is 128 Å². The van der Waals surface area contributed by atoms with Crippen molar-refractivity contribution in [2.75, 3.05) is 0 Å². The van der Waals surface area contributed by atoms with Gasteiger partial charge in [-0.25, -0.2) is 0 Å². The summed E-state index contributed by atoms with van der Waals surface area (Å²) in [5.74, 6) is 0. The molecule has 8 rings (SSSR count). The Kier molecular flexibility index (Phi) is 12.4. The van der Waals surface area contributed by atoms with Gasteiger partial charge in [0.25, 0.3) is 0 Å². The first-order valence-corrected chi connectivity index (χ1v) is 23.5. The van der Waals surface area contributed by atoms with Crippen LogP contribution in [0.2, 0.25) is 19.6 Å². The van der Waals surface area contributed by atoms with Crippen LogP contribution in [-0.4, -0.2) is 18.0 Å². The Balaban J connectivity index is 0.000000209. The van der Waals surface area contributed by atoms with Gasteiger partial charge < -0.3 is 9.97 Å². The van der Waals surface area contributed by atoms with E-state index in [9.17, 15) is 0 Å². The van der Waals surface area contributed by atoms with E-state index in [1.54, 1.807) is 0 Å². The van der Waals surface area contributed by atoms with Gasteiger partial charge in [0.05, 0.1) is 8.07 Å². The summed E-state index contributed by atoms with van der Waals surface area (Å²) in [5, 5.41) is 4.05. The molecule has 2 nitrogen and oxygen atoms in total. The molecule has 0 N–H and O–H groups in total. The summed E-state index contributed by atoms with van der Waals surface area (Å²) in [6.07, 6.45) is 5.21. The summed E-state index contributed by atoms with van der Waals surface area (Å²) in [6, 6.07) is 47.4. The zero-order chi connectivity index (χ0) is 38.9. The van der Waals surface area contributed by atoms with Crippen LogP contribution in [-0.2, 0) is 26.5 Å². The zero-order valence-electron chi connectivity index (χ0n) is 34.0. The van der Waals surface area contributed by atoms with Crippen LogP contribution in [0.5, 0.6) is 0 Å². The molecule has 0 bridgehead atoms.